The number of aryl methyl sites for hydroxylation is 1. The Bertz CT molecular complexity index is 539. The van der Waals surface area contributed by atoms with Crippen LogP contribution >= 0.6 is 15.9 Å². The van der Waals surface area contributed by atoms with Crippen LogP contribution in [0.15, 0.2) is 34.9 Å². The first-order chi connectivity index (χ1) is 8.67. The van der Waals surface area contributed by atoms with Crippen LogP contribution in [0.2, 0.25) is 0 Å². The average molecular weight is 310 g/mol. The van der Waals surface area contributed by atoms with Crippen molar-refractivity contribution in [3.63, 3.8) is 0 Å². The van der Waals surface area contributed by atoms with Crippen molar-refractivity contribution in [1.29, 1.82) is 0 Å². The van der Waals surface area contributed by atoms with Gasteiger partial charge in [0.2, 0.25) is 0 Å². The van der Waals surface area contributed by atoms with Crippen molar-refractivity contribution < 1.29 is 4.74 Å². The molecule has 1 aromatic carbocycles. The maximum Gasteiger partial charge on any atom is 0.119 e. The first-order valence-electron chi connectivity index (χ1n) is 5.78. The third kappa shape index (κ3) is 2.42. The SMILES string of the molecule is CCn1ncc(Br)c1C(N)c1cccc(OC)c1. The van der Waals surface area contributed by atoms with Crippen LogP contribution in [0.25, 0.3) is 0 Å². The molecule has 0 aliphatic heterocycles. The summed E-state index contributed by atoms with van der Waals surface area (Å²) in [6.45, 7) is 2.83. The quantitative estimate of drug-likeness (QED) is 0.944. The number of hydrogen-bond donors (Lipinski definition) is 1. The van der Waals surface area contributed by atoms with Crippen LogP contribution < -0.4 is 10.5 Å². The molecule has 2 aromatic rings. The average Bonchev–Trinajstić information content (AvgIpc) is 2.79. The van der Waals surface area contributed by atoms with E-state index in [1.807, 2.05) is 35.9 Å². The molecule has 0 aliphatic carbocycles. The van der Waals surface area contributed by atoms with Gasteiger partial charge in [0.1, 0.15) is 5.75 Å². The molecule has 1 aromatic heterocycles. The fraction of sp³-hybridized carbons (Fsp3) is 0.308. The van der Waals surface area contributed by atoms with Crippen LogP contribution in [-0.4, -0.2) is 16.9 Å². The lowest BCUT2D eigenvalue weighted by atomic mass is 10.0. The van der Waals surface area contributed by atoms with E-state index in [0.29, 0.717) is 0 Å². The van der Waals surface area contributed by atoms with E-state index in [-0.39, 0.29) is 6.04 Å². The van der Waals surface area contributed by atoms with Crippen molar-refractivity contribution in [2.45, 2.75) is 19.5 Å². The van der Waals surface area contributed by atoms with E-state index in [9.17, 15) is 0 Å². The standard InChI is InChI=1S/C13H16BrN3O/c1-3-17-13(11(14)8-16-17)12(15)9-5-4-6-10(7-9)18-2/h4-8,12H,3,15H2,1-2H3. The molecule has 0 saturated carbocycles. The molecule has 0 aliphatic rings. The zero-order valence-electron chi connectivity index (χ0n) is 10.4. The number of aromatic nitrogens is 2. The number of methoxy groups -OCH3 is 1. The number of halogens is 1. The molecule has 96 valence electrons. The molecule has 1 heterocycles. The highest BCUT2D eigenvalue weighted by Gasteiger charge is 2.18. The molecule has 18 heavy (non-hydrogen) atoms. The van der Waals surface area contributed by atoms with Gasteiger partial charge in [-0.1, -0.05) is 12.1 Å². The molecular weight excluding hydrogens is 294 g/mol. The van der Waals surface area contributed by atoms with Gasteiger partial charge in [-0.25, -0.2) is 0 Å². The van der Waals surface area contributed by atoms with Crippen molar-refractivity contribution in [2.75, 3.05) is 7.11 Å². The highest BCUT2D eigenvalue weighted by molar-refractivity contribution is 9.10. The summed E-state index contributed by atoms with van der Waals surface area (Å²) in [5.41, 5.74) is 8.30. The maximum absolute atomic E-state index is 6.32. The molecule has 0 radical (unpaired) electrons. The highest BCUT2D eigenvalue weighted by Crippen LogP contribution is 2.28. The van der Waals surface area contributed by atoms with Crippen LogP contribution in [0.1, 0.15) is 24.2 Å². The molecule has 4 nitrogen and oxygen atoms in total. The zero-order valence-corrected chi connectivity index (χ0v) is 12.0. The summed E-state index contributed by atoms with van der Waals surface area (Å²) < 4.78 is 8.05. The number of benzene rings is 1. The van der Waals surface area contributed by atoms with Gasteiger partial charge in [-0.3, -0.25) is 4.68 Å². The largest absolute Gasteiger partial charge is 0.497 e. The Labute approximate surface area is 115 Å². The fourth-order valence-corrected chi connectivity index (χ4v) is 2.47. The minimum Gasteiger partial charge on any atom is -0.497 e. The molecule has 2 N–H and O–H groups in total. The Kier molecular flexibility index (Phi) is 4.04. The third-order valence-electron chi connectivity index (χ3n) is 2.88. The van der Waals surface area contributed by atoms with Crippen molar-refractivity contribution >= 4 is 15.9 Å². The van der Waals surface area contributed by atoms with Crippen LogP contribution in [0.3, 0.4) is 0 Å². The van der Waals surface area contributed by atoms with Crippen LogP contribution in [0, 0.1) is 0 Å². The first kappa shape index (κ1) is 13.1. The molecular formula is C13H16BrN3O. The predicted octanol–water partition coefficient (Wildman–Crippen LogP) is 2.72. The van der Waals surface area contributed by atoms with Crippen molar-refractivity contribution in [3.8, 4) is 5.75 Å². The second-order valence-electron chi connectivity index (χ2n) is 3.95. The molecule has 0 bridgehead atoms. The Morgan fingerprint density at radius 3 is 2.94 bits per heavy atom. The summed E-state index contributed by atoms with van der Waals surface area (Å²) in [5.74, 6) is 0.807. The molecule has 0 spiro atoms. The van der Waals surface area contributed by atoms with E-state index in [0.717, 1.165) is 28.0 Å². The lowest BCUT2D eigenvalue weighted by molar-refractivity contribution is 0.414. The Morgan fingerprint density at radius 1 is 1.50 bits per heavy atom. The number of ether oxygens (including phenoxy) is 1. The van der Waals surface area contributed by atoms with Crippen LogP contribution in [0.4, 0.5) is 0 Å². The maximum atomic E-state index is 6.32. The molecule has 0 amide bonds. The summed E-state index contributed by atoms with van der Waals surface area (Å²) in [5, 5.41) is 4.28. The summed E-state index contributed by atoms with van der Waals surface area (Å²) >= 11 is 3.50. The van der Waals surface area contributed by atoms with E-state index in [2.05, 4.69) is 21.0 Å². The lowest BCUT2D eigenvalue weighted by Gasteiger charge is -2.15. The highest BCUT2D eigenvalue weighted by atomic mass is 79.9. The van der Waals surface area contributed by atoms with Crippen molar-refractivity contribution in [1.82, 2.24) is 9.78 Å². The van der Waals surface area contributed by atoms with E-state index < -0.39 is 0 Å². The van der Waals surface area contributed by atoms with E-state index in [1.54, 1.807) is 13.3 Å². The zero-order chi connectivity index (χ0) is 13.1. The van der Waals surface area contributed by atoms with Crippen molar-refractivity contribution in [3.05, 3.63) is 46.2 Å². The lowest BCUT2D eigenvalue weighted by Crippen LogP contribution is -2.17. The van der Waals surface area contributed by atoms with Gasteiger partial charge in [-0.2, -0.15) is 5.10 Å². The van der Waals surface area contributed by atoms with Gasteiger partial charge in [0.05, 0.1) is 29.5 Å². The Hall–Kier alpha value is -1.33. The van der Waals surface area contributed by atoms with Crippen LogP contribution in [0.5, 0.6) is 5.75 Å². The van der Waals surface area contributed by atoms with E-state index in [4.69, 9.17) is 10.5 Å². The number of rotatable bonds is 4. The van der Waals surface area contributed by atoms with Gasteiger partial charge in [-0.05, 0) is 40.5 Å². The monoisotopic (exact) mass is 309 g/mol. The first-order valence-corrected chi connectivity index (χ1v) is 6.57. The predicted molar refractivity (Wildman–Crippen MR) is 74.6 cm³/mol. The fourth-order valence-electron chi connectivity index (χ4n) is 1.93. The van der Waals surface area contributed by atoms with E-state index in [1.165, 1.54) is 0 Å². The number of nitrogens with zero attached hydrogens (tertiary/aromatic N) is 2. The Balaban J connectivity index is 2.40. The summed E-state index contributed by atoms with van der Waals surface area (Å²) in [7, 11) is 1.65. The summed E-state index contributed by atoms with van der Waals surface area (Å²) in [4.78, 5) is 0. The molecule has 5 heteroatoms. The molecule has 0 fully saturated rings. The molecule has 1 unspecified atom stereocenters. The summed E-state index contributed by atoms with van der Waals surface area (Å²) in [6, 6.07) is 7.56. The van der Waals surface area contributed by atoms with Crippen molar-refractivity contribution in [2.24, 2.45) is 5.73 Å². The Morgan fingerprint density at radius 2 is 2.28 bits per heavy atom. The van der Waals surface area contributed by atoms with E-state index >= 15 is 0 Å². The minimum atomic E-state index is -0.225. The number of nitrogens with two attached hydrogens (primary N) is 1. The minimum absolute atomic E-state index is 0.225. The second kappa shape index (κ2) is 5.54. The van der Waals surface area contributed by atoms with Gasteiger partial charge < -0.3 is 10.5 Å². The van der Waals surface area contributed by atoms with Gasteiger partial charge in [0, 0.05) is 6.54 Å². The topological polar surface area (TPSA) is 53.1 Å². The number of hydrogen-bond acceptors (Lipinski definition) is 3. The molecule has 2 rings (SSSR count). The van der Waals surface area contributed by atoms with Gasteiger partial charge >= 0.3 is 0 Å². The second-order valence-corrected chi connectivity index (χ2v) is 4.80. The molecule has 1 atom stereocenters. The summed E-state index contributed by atoms with van der Waals surface area (Å²) in [6.07, 6.45) is 1.78. The van der Waals surface area contributed by atoms with Crippen LogP contribution in [-0.2, 0) is 6.54 Å². The smallest absolute Gasteiger partial charge is 0.119 e. The van der Waals surface area contributed by atoms with Gasteiger partial charge in [-0.15, -0.1) is 0 Å². The van der Waals surface area contributed by atoms with Gasteiger partial charge in [0.25, 0.3) is 0 Å². The molecule has 0 saturated heterocycles. The third-order valence-corrected chi connectivity index (χ3v) is 3.49. The van der Waals surface area contributed by atoms with Gasteiger partial charge in [0.15, 0.2) is 0 Å². The normalized spacial score (nSPS) is 12.4.